The summed E-state index contributed by atoms with van der Waals surface area (Å²) in [5, 5.41) is 8.80. The van der Waals surface area contributed by atoms with E-state index in [1.54, 1.807) is 4.90 Å². The first-order valence-electron chi connectivity index (χ1n) is 5.99. The van der Waals surface area contributed by atoms with Crippen LogP contribution < -0.4 is 10.6 Å². The van der Waals surface area contributed by atoms with Crippen LogP contribution in [0.1, 0.15) is 18.4 Å². The molecule has 1 aliphatic rings. The van der Waals surface area contributed by atoms with Crippen LogP contribution in [0.4, 0.5) is 5.69 Å². The van der Waals surface area contributed by atoms with Gasteiger partial charge < -0.3 is 15.7 Å². The minimum Gasteiger partial charge on any atom is -0.396 e. The molecule has 0 bridgehead atoms. The normalized spacial score (nSPS) is 20.0. The molecule has 17 heavy (non-hydrogen) atoms. The molecule has 92 valence electrons. The van der Waals surface area contributed by atoms with Crippen molar-refractivity contribution >= 4 is 11.6 Å². The predicted molar refractivity (Wildman–Crippen MR) is 66.8 cm³/mol. The van der Waals surface area contributed by atoms with E-state index in [-0.39, 0.29) is 18.6 Å². The molecule has 1 unspecified atom stereocenters. The van der Waals surface area contributed by atoms with Gasteiger partial charge in [0.05, 0.1) is 6.04 Å². The molecule has 1 fully saturated rings. The van der Waals surface area contributed by atoms with E-state index >= 15 is 0 Å². The van der Waals surface area contributed by atoms with Crippen LogP contribution in [0, 0.1) is 0 Å². The van der Waals surface area contributed by atoms with Crippen molar-refractivity contribution in [1.82, 2.24) is 0 Å². The summed E-state index contributed by atoms with van der Waals surface area (Å²) in [6, 6.07) is 7.54. The third-order valence-corrected chi connectivity index (χ3v) is 3.09. The Labute approximate surface area is 101 Å². The summed E-state index contributed by atoms with van der Waals surface area (Å²) in [6.45, 7) is 0.890. The summed E-state index contributed by atoms with van der Waals surface area (Å²) in [5.74, 6) is 0.00399. The van der Waals surface area contributed by atoms with Gasteiger partial charge in [0.25, 0.3) is 0 Å². The molecule has 1 aromatic rings. The van der Waals surface area contributed by atoms with Gasteiger partial charge in [-0.3, -0.25) is 4.79 Å². The summed E-state index contributed by atoms with van der Waals surface area (Å²) in [6.07, 6.45) is 2.30. The largest absolute Gasteiger partial charge is 0.396 e. The molecule has 2 rings (SSSR count). The van der Waals surface area contributed by atoms with Crippen LogP contribution >= 0.6 is 0 Å². The van der Waals surface area contributed by atoms with Gasteiger partial charge >= 0.3 is 0 Å². The van der Waals surface area contributed by atoms with Crippen molar-refractivity contribution in [3.63, 3.8) is 0 Å². The fourth-order valence-electron chi connectivity index (χ4n) is 2.12. The Bertz CT molecular complexity index is 406. The van der Waals surface area contributed by atoms with Crippen LogP contribution in [0.5, 0.6) is 0 Å². The van der Waals surface area contributed by atoms with Crippen molar-refractivity contribution in [3.8, 4) is 0 Å². The lowest BCUT2D eigenvalue weighted by atomic mass is 10.1. The van der Waals surface area contributed by atoms with Crippen molar-refractivity contribution < 1.29 is 9.90 Å². The number of hydrogen-bond donors (Lipinski definition) is 2. The van der Waals surface area contributed by atoms with Crippen molar-refractivity contribution in [3.05, 3.63) is 29.8 Å². The number of benzene rings is 1. The molecule has 1 heterocycles. The molecule has 4 nitrogen and oxygen atoms in total. The Kier molecular flexibility index (Phi) is 3.76. The Morgan fingerprint density at radius 2 is 2.29 bits per heavy atom. The van der Waals surface area contributed by atoms with E-state index < -0.39 is 0 Å². The van der Waals surface area contributed by atoms with Gasteiger partial charge in [-0.15, -0.1) is 0 Å². The molecule has 0 aliphatic carbocycles. The van der Waals surface area contributed by atoms with Gasteiger partial charge in [-0.05, 0) is 37.0 Å². The number of aryl methyl sites for hydroxylation is 1. The van der Waals surface area contributed by atoms with Gasteiger partial charge in [0.1, 0.15) is 0 Å². The van der Waals surface area contributed by atoms with Crippen LogP contribution in [-0.4, -0.2) is 30.2 Å². The van der Waals surface area contributed by atoms with Crippen molar-refractivity contribution in [1.29, 1.82) is 0 Å². The molecule has 4 heteroatoms. The van der Waals surface area contributed by atoms with Crippen LogP contribution in [-0.2, 0) is 11.2 Å². The summed E-state index contributed by atoms with van der Waals surface area (Å²) in [5.41, 5.74) is 7.76. The lowest BCUT2D eigenvalue weighted by Gasteiger charge is -2.17. The lowest BCUT2D eigenvalue weighted by molar-refractivity contribution is -0.118. The zero-order valence-electron chi connectivity index (χ0n) is 9.80. The first-order chi connectivity index (χ1) is 8.22. The third kappa shape index (κ3) is 2.65. The van der Waals surface area contributed by atoms with Crippen molar-refractivity contribution in [2.45, 2.75) is 25.3 Å². The van der Waals surface area contributed by atoms with Gasteiger partial charge in [0, 0.05) is 18.8 Å². The Hall–Kier alpha value is -1.39. The van der Waals surface area contributed by atoms with Crippen LogP contribution in [0.15, 0.2) is 24.3 Å². The molecule has 0 aromatic heterocycles. The quantitative estimate of drug-likeness (QED) is 0.805. The fraction of sp³-hybridized carbons (Fsp3) is 0.462. The van der Waals surface area contributed by atoms with Crippen LogP contribution in [0.25, 0.3) is 0 Å². The Morgan fingerprint density at radius 1 is 1.47 bits per heavy atom. The first-order valence-corrected chi connectivity index (χ1v) is 5.99. The molecule has 0 saturated carbocycles. The molecule has 0 spiro atoms. The van der Waals surface area contributed by atoms with Crippen molar-refractivity contribution in [2.75, 3.05) is 18.1 Å². The predicted octanol–water partition coefficient (Wildman–Crippen LogP) is 0.675. The van der Waals surface area contributed by atoms with Gasteiger partial charge in [-0.25, -0.2) is 0 Å². The summed E-state index contributed by atoms with van der Waals surface area (Å²) >= 11 is 0. The maximum Gasteiger partial charge on any atom is 0.243 e. The number of nitrogens with two attached hydrogens (primary N) is 1. The highest BCUT2D eigenvalue weighted by molar-refractivity contribution is 5.99. The Balaban J connectivity index is 2.13. The zero-order valence-corrected chi connectivity index (χ0v) is 9.80. The highest BCUT2D eigenvalue weighted by Crippen LogP contribution is 2.22. The number of carbonyl (C=O) groups is 1. The second-order valence-electron chi connectivity index (χ2n) is 4.38. The van der Waals surface area contributed by atoms with Gasteiger partial charge in [-0.2, -0.15) is 0 Å². The second-order valence-corrected chi connectivity index (χ2v) is 4.38. The van der Waals surface area contributed by atoms with Gasteiger partial charge in [0.2, 0.25) is 5.91 Å². The smallest absolute Gasteiger partial charge is 0.243 e. The number of carbonyl (C=O) groups excluding carboxylic acids is 1. The molecule has 1 aromatic carbocycles. The molecule has 0 radical (unpaired) electrons. The van der Waals surface area contributed by atoms with E-state index in [0.29, 0.717) is 6.54 Å². The Morgan fingerprint density at radius 3 is 2.94 bits per heavy atom. The van der Waals surface area contributed by atoms with Crippen LogP contribution in [0.2, 0.25) is 0 Å². The minimum absolute atomic E-state index is 0.00399. The maximum atomic E-state index is 11.8. The molecular weight excluding hydrogens is 216 g/mol. The van der Waals surface area contributed by atoms with E-state index in [1.807, 2.05) is 24.3 Å². The van der Waals surface area contributed by atoms with E-state index in [2.05, 4.69) is 0 Å². The van der Waals surface area contributed by atoms with Crippen molar-refractivity contribution in [2.24, 2.45) is 5.73 Å². The highest BCUT2D eigenvalue weighted by Gasteiger charge is 2.29. The number of nitrogens with zero attached hydrogens (tertiary/aromatic N) is 1. The molecular formula is C13H18N2O2. The molecule has 3 N–H and O–H groups in total. The van der Waals surface area contributed by atoms with E-state index in [4.69, 9.17) is 10.8 Å². The highest BCUT2D eigenvalue weighted by atomic mass is 16.2. The number of aliphatic hydroxyl groups is 1. The monoisotopic (exact) mass is 234 g/mol. The molecule has 1 saturated heterocycles. The number of hydrogen-bond acceptors (Lipinski definition) is 3. The number of aliphatic hydroxyl groups excluding tert-OH is 1. The summed E-state index contributed by atoms with van der Waals surface area (Å²) in [7, 11) is 0. The first kappa shape index (κ1) is 12.1. The minimum atomic E-state index is -0.351. The zero-order chi connectivity index (χ0) is 12.3. The second kappa shape index (κ2) is 5.29. The number of anilines is 1. The summed E-state index contributed by atoms with van der Waals surface area (Å²) in [4.78, 5) is 13.5. The maximum absolute atomic E-state index is 11.8. The topological polar surface area (TPSA) is 66.6 Å². The summed E-state index contributed by atoms with van der Waals surface area (Å²) < 4.78 is 0. The average molecular weight is 234 g/mol. The SMILES string of the molecule is NC1CCN(c2cccc(CCCO)c2)C1=O. The molecule has 1 amide bonds. The average Bonchev–Trinajstić information content (AvgIpc) is 2.68. The van der Waals surface area contributed by atoms with E-state index in [0.717, 1.165) is 30.5 Å². The number of rotatable bonds is 4. The van der Waals surface area contributed by atoms with E-state index in [1.165, 1.54) is 0 Å². The van der Waals surface area contributed by atoms with Crippen LogP contribution in [0.3, 0.4) is 0 Å². The fourth-order valence-corrected chi connectivity index (χ4v) is 2.12. The van der Waals surface area contributed by atoms with Gasteiger partial charge in [0.15, 0.2) is 0 Å². The lowest BCUT2D eigenvalue weighted by Crippen LogP contribution is -2.33. The molecule has 1 atom stereocenters. The molecule has 1 aliphatic heterocycles. The van der Waals surface area contributed by atoms with E-state index in [9.17, 15) is 4.79 Å². The standard InChI is InChI=1S/C13H18N2O2/c14-12-6-7-15(13(12)17)11-5-1-3-10(9-11)4-2-8-16/h1,3,5,9,12,16H,2,4,6-8,14H2. The number of amides is 1. The van der Waals surface area contributed by atoms with Gasteiger partial charge in [-0.1, -0.05) is 12.1 Å². The third-order valence-electron chi connectivity index (χ3n) is 3.09.